The zero-order valence-corrected chi connectivity index (χ0v) is 6.89. The lowest BCUT2D eigenvalue weighted by Crippen LogP contribution is -1.91. The van der Waals surface area contributed by atoms with Gasteiger partial charge in [0, 0.05) is 0 Å². The zero-order chi connectivity index (χ0) is 8.27. The highest BCUT2D eigenvalue weighted by atomic mass is 35.5. The number of hydrogen-bond donors (Lipinski definition) is 0. The van der Waals surface area contributed by atoms with E-state index < -0.39 is 0 Å². The third kappa shape index (κ3) is 1.77. The van der Waals surface area contributed by atoms with Gasteiger partial charge in [0.1, 0.15) is 0 Å². The molecule has 11 heavy (non-hydrogen) atoms. The van der Waals surface area contributed by atoms with Crippen molar-refractivity contribution >= 4 is 11.6 Å². The fraction of sp³-hybridized carbons (Fsp3) is 0.250. The lowest BCUT2D eigenvalue weighted by molar-refractivity contribution is 0.288. The Labute approximate surface area is 70.4 Å². The van der Waals surface area contributed by atoms with Crippen molar-refractivity contribution in [3.63, 3.8) is 0 Å². The summed E-state index contributed by atoms with van der Waals surface area (Å²) in [5, 5.41) is 11.4. The summed E-state index contributed by atoms with van der Waals surface area (Å²) in [6, 6.07) is 4.66. The molecule has 3 heteroatoms. The summed E-state index contributed by atoms with van der Waals surface area (Å²) in [4.78, 5) is 0. The van der Waals surface area contributed by atoms with E-state index in [-0.39, 0.29) is 11.5 Å². The molecule has 0 atom stereocenters. The average molecular weight is 172 g/mol. The van der Waals surface area contributed by atoms with E-state index in [9.17, 15) is 5.11 Å². The lowest BCUT2D eigenvalue weighted by atomic mass is 10.3. The average Bonchev–Trinajstić information content (AvgIpc) is 1.97. The first kappa shape index (κ1) is 8.21. The summed E-state index contributed by atoms with van der Waals surface area (Å²) >= 11 is 5.68. The number of halogens is 1. The van der Waals surface area contributed by atoms with Gasteiger partial charge in [-0.1, -0.05) is 17.7 Å². The molecular weight excluding hydrogens is 164 g/mol. The van der Waals surface area contributed by atoms with Crippen LogP contribution in [-0.2, 0) is 5.11 Å². The van der Waals surface area contributed by atoms with E-state index in [1.807, 2.05) is 6.92 Å². The highest BCUT2D eigenvalue weighted by Crippen LogP contribution is 2.33. The van der Waals surface area contributed by atoms with Gasteiger partial charge in [0.25, 0.3) is 0 Å². The van der Waals surface area contributed by atoms with Gasteiger partial charge in [-0.15, -0.1) is 0 Å². The quantitative estimate of drug-likeness (QED) is 0.673. The molecule has 0 aliphatic heterocycles. The van der Waals surface area contributed by atoms with Gasteiger partial charge < -0.3 is 4.74 Å². The van der Waals surface area contributed by atoms with Gasteiger partial charge in [-0.25, -0.2) is 0 Å². The minimum absolute atomic E-state index is 0.167. The van der Waals surface area contributed by atoms with Gasteiger partial charge in [-0.3, -0.25) is 5.11 Å². The Morgan fingerprint density at radius 1 is 1.55 bits per heavy atom. The predicted molar refractivity (Wildman–Crippen MR) is 42.8 cm³/mol. The third-order valence-electron chi connectivity index (χ3n) is 1.22. The molecule has 0 spiro atoms. The maximum atomic E-state index is 11.0. The molecule has 0 aromatic heterocycles. The van der Waals surface area contributed by atoms with E-state index in [1.54, 1.807) is 12.1 Å². The first-order valence-corrected chi connectivity index (χ1v) is 3.71. The molecule has 0 aliphatic rings. The van der Waals surface area contributed by atoms with E-state index in [0.717, 1.165) is 0 Å². The summed E-state index contributed by atoms with van der Waals surface area (Å²) in [5.74, 6) is 0.0796. The van der Waals surface area contributed by atoms with Crippen LogP contribution in [0.5, 0.6) is 11.5 Å². The Balaban J connectivity index is 3.00. The second-order valence-electron chi connectivity index (χ2n) is 2.00. The molecule has 0 N–H and O–H groups in total. The molecule has 0 aliphatic carbocycles. The monoisotopic (exact) mass is 171 g/mol. The number of ether oxygens (including phenoxy) is 1. The van der Waals surface area contributed by atoms with Gasteiger partial charge in [-0.05, 0) is 19.1 Å². The third-order valence-corrected chi connectivity index (χ3v) is 1.52. The summed E-state index contributed by atoms with van der Waals surface area (Å²) in [6.45, 7) is 2.27. The topological polar surface area (TPSA) is 29.1 Å². The fourth-order valence-electron chi connectivity index (χ4n) is 0.773. The molecule has 0 saturated heterocycles. The summed E-state index contributed by atoms with van der Waals surface area (Å²) in [7, 11) is 0. The minimum Gasteiger partial charge on any atom is -0.488 e. The normalized spacial score (nSPS) is 9.64. The molecule has 0 fully saturated rings. The first-order chi connectivity index (χ1) is 5.25. The van der Waals surface area contributed by atoms with Gasteiger partial charge in [0.2, 0.25) is 5.75 Å². The molecule has 0 heterocycles. The summed E-state index contributed by atoms with van der Waals surface area (Å²) in [5.41, 5.74) is 0. The predicted octanol–water partition coefficient (Wildman–Crippen LogP) is 2.88. The largest absolute Gasteiger partial charge is 0.488 e. The number of hydrogen-bond acceptors (Lipinski definition) is 1. The van der Waals surface area contributed by atoms with Crippen LogP contribution in [0.1, 0.15) is 6.92 Å². The highest BCUT2D eigenvalue weighted by Gasteiger charge is 2.06. The minimum atomic E-state index is -0.167. The molecule has 0 amide bonds. The molecule has 0 bridgehead atoms. The Hall–Kier alpha value is -0.890. The van der Waals surface area contributed by atoms with Gasteiger partial charge in [-0.2, -0.15) is 0 Å². The van der Waals surface area contributed by atoms with Crippen molar-refractivity contribution in [1.82, 2.24) is 0 Å². The van der Waals surface area contributed by atoms with Crippen LogP contribution in [0, 0.1) is 0 Å². The standard InChI is InChI=1S/C8H8ClO2/c1-2-11-8-6(9)4-3-5-7(8)10/h3-5H,2H2,1H3. The van der Waals surface area contributed by atoms with Crippen molar-refractivity contribution in [1.29, 1.82) is 0 Å². The van der Waals surface area contributed by atoms with Crippen LogP contribution >= 0.6 is 11.6 Å². The maximum Gasteiger partial charge on any atom is 0.221 e. The van der Waals surface area contributed by atoms with E-state index in [0.29, 0.717) is 11.6 Å². The van der Waals surface area contributed by atoms with Crippen molar-refractivity contribution in [2.75, 3.05) is 6.61 Å². The van der Waals surface area contributed by atoms with Crippen LogP contribution in [0.3, 0.4) is 0 Å². The Kier molecular flexibility index (Phi) is 2.60. The molecule has 0 saturated carbocycles. The van der Waals surface area contributed by atoms with Crippen molar-refractivity contribution in [3.05, 3.63) is 23.2 Å². The molecule has 1 rings (SSSR count). The zero-order valence-electron chi connectivity index (χ0n) is 6.13. The molecular formula is C8H8ClO2. The maximum absolute atomic E-state index is 11.0. The fourth-order valence-corrected chi connectivity index (χ4v) is 0.994. The van der Waals surface area contributed by atoms with Crippen molar-refractivity contribution in [3.8, 4) is 11.5 Å². The van der Waals surface area contributed by atoms with Crippen LogP contribution in [0.2, 0.25) is 5.02 Å². The van der Waals surface area contributed by atoms with E-state index in [4.69, 9.17) is 16.3 Å². The van der Waals surface area contributed by atoms with E-state index in [1.165, 1.54) is 6.07 Å². The van der Waals surface area contributed by atoms with Gasteiger partial charge in [0.15, 0.2) is 5.75 Å². The Morgan fingerprint density at radius 2 is 2.27 bits per heavy atom. The van der Waals surface area contributed by atoms with Crippen molar-refractivity contribution < 1.29 is 9.84 Å². The van der Waals surface area contributed by atoms with E-state index in [2.05, 4.69) is 0 Å². The lowest BCUT2D eigenvalue weighted by Gasteiger charge is -2.04. The molecule has 1 aromatic rings. The molecule has 0 unspecified atom stereocenters. The SMILES string of the molecule is CCOc1c([O])cccc1Cl. The summed E-state index contributed by atoms with van der Waals surface area (Å²) < 4.78 is 5.02. The summed E-state index contributed by atoms with van der Waals surface area (Å²) in [6.07, 6.45) is 0. The second-order valence-corrected chi connectivity index (χ2v) is 2.41. The van der Waals surface area contributed by atoms with Gasteiger partial charge >= 0.3 is 0 Å². The number of rotatable bonds is 2. The number of benzene rings is 1. The Bertz CT molecular complexity index is 228. The highest BCUT2D eigenvalue weighted by molar-refractivity contribution is 6.32. The van der Waals surface area contributed by atoms with Gasteiger partial charge in [0.05, 0.1) is 11.6 Å². The second kappa shape index (κ2) is 3.49. The molecule has 2 nitrogen and oxygen atoms in total. The first-order valence-electron chi connectivity index (χ1n) is 3.34. The smallest absolute Gasteiger partial charge is 0.221 e. The van der Waals surface area contributed by atoms with Crippen LogP contribution in [0.4, 0.5) is 0 Å². The van der Waals surface area contributed by atoms with E-state index >= 15 is 0 Å². The van der Waals surface area contributed by atoms with Crippen molar-refractivity contribution in [2.45, 2.75) is 6.92 Å². The van der Waals surface area contributed by atoms with Crippen LogP contribution in [0.15, 0.2) is 18.2 Å². The molecule has 59 valence electrons. The molecule has 1 radical (unpaired) electrons. The van der Waals surface area contributed by atoms with Crippen LogP contribution in [-0.4, -0.2) is 6.61 Å². The molecule has 1 aromatic carbocycles. The van der Waals surface area contributed by atoms with Crippen molar-refractivity contribution in [2.24, 2.45) is 0 Å². The van der Waals surface area contributed by atoms with Crippen LogP contribution in [0.25, 0.3) is 0 Å². The Morgan fingerprint density at radius 3 is 2.82 bits per heavy atom. The number of para-hydroxylation sites is 1. The van der Waals surface area contributed by atoms with Crippen LogP contribution < -0.4 is 4.74 Å².